The van der Waals surface area contributed by atoms with Crippen LogP contribution in [0.1, 0.15) is 11.6 Å². The standard InChI is InChI=1S/C21H17BrClN3/c22-15-6-4-14(5-7-15)20-12-16(23)8-9-19(20)21-10-11-25-26(21)18-3-1-2-17(24)13-18/h1-13,21,25H,24H2. The van der Waals surface area contributed by atoms with E-state index in [0.29, 0.717) is 0 Å². The third-order valence-electron chi connectivity index (χ3n) is 4.41. The molecule has 1 aliphatic rings. The van der Waals surface area contributed by atoms with Crippen LogP contribution in [0.3, 0.4) is 0 Å². The van der Waals surface area contributed by atoms with Gasteiger partial charge in [0.1, 0.15) is 0 Å². The summed E-state index contributed by atoms with van der Waals surface area (Å²) in [6.07, 6.45) is 4.09. The Labute approximate surface area is 166 Å². The molecular weight excluding hydrogens is 410 g/mol. The highest BCUT2D eigenvalue weighted by Crippen LogP contribution is 2.37. The summed E-state index contributed by atoms with van der Waals surface area (Å²) in [5.74, 6) is 0. The summed E-state index contributed by atoms with van der Waals surface area (Å²) >= 11 is 9.80. The van der Waals surface area contributed by atoms with Gasteiger partial charge in [0.2, 0.25) is 0 Å². The topological polar surface area (TPSA) is 41.3 Å². The Hall–Kier alpha value is -2.43. The Bertz CT molecular complexity index is 969. The lowest BCUT2D eigenvalue weighted by Crippen LogP contribution is -2.32. The number of nitrogen functional groups attached to an aromatic ring is 1. The van der Waals surface area contributed by atoms with Crippen molar-refractivity contribution in [2.45, 2.75) is 6.04 Å². The van der Waals surface area contributed by atoms with Crippen LogP contribution >= 0.6 is 27.5 Å². The first-order valence-corrected chi connectivity index (χ1v) is 9.42. The summed E-state index contributed by atoms with van der Waals surface area (Å²) in [6.45, 7) is 0. The monoisotopic (exact) mass is 425 g/mol. The van der Waals surface area contributed by atoms with E-state index in [2.05, 4.69) is 50.6 Å². The van der Waals surface area contributed by atoms with Gasteiger partial charge in [-0.15, -0.1) is 0 Å². The molecule has 1 atom stereocenters. The fraction of sp³-hybridized carbons (Fsp3) is 0.0476. The Morgan fingerprint density at radius 3 is 2.58 bits per heavy atom. The highest BCUT2D eigenvalue weighted by molar-refractivity contribution is 9.10. The number of benzene rings is 3. The van der Waals surface area contributed by atoms with Crippen molar-refractivity contribution in [2.24, 2.45) is 0 Å². The van der Waals surface area contributed by atoms with Crippen molar-refractivity contribution >= 4 is 38.9 Å². The molecule has 1 aliphatic heterocycles. The smallest absolute Gasteiger partial charge is 0.0958 e. The first kappa shape index (κ1) is 17.0. The zero-order chi connectivity index (χ0) is 18.1. The molecule has 0 fully saturated rings. The van der Waals surface area contributed by atoms with Crippen LogP contribution in [0.5, 0.6) is 0 Å². The van der Waals surface area contributed by atoms with E-state index in [1.54, 1.807) is 0 Å². The van der Waals surface area contributed by atoms with E-state index in [-0.39, 0.29) is 6.04 Å². The van der Waals surface area contributed by atoms with E-state index in [1.807, 2.05) is 54.7 Å². The summed E-state index contributed by atoms with van der Waals surface area (Å²) in [6, 6.07) is 22.2. The van der Waals surface area contributed by atoms with Gasteiger partial charge in [-0.2, -0.15) is 0 Å². The lowest BCUT2D eigenvalue weighted by Gasteiger charge is -2.28. The highest BCUT2D eigenvalue weighted by Gasteiger charge is 2.25. The molecule has 5 heteroatoms. The van der Waals surface area contributed by atoms with Crippen LogP contribution in [0.4, 0.5) is 11.4 Å². The number of hydrazine groups is 1. The van der Waals surface area contributed by atoms with Gasteiger partial charge in [0.25, 0.3) is 0 Å². The van der Waals surface area contributed by atoms with Crippen molar-refractivity contribution in [3.8, 4) is 11.1 Å². The largest absolute Gasteiger partial charge is 0.399 e. The van der Waals surface area contributed by atoms with Crippen LogP contribution in [-0.4, -0.2) is 0 Å². The van der Waals surface area contributed by atoms with Crippen molar-refractivity contribution in [3.63, 3.8) is 0 Å². The predicted molar refractivity (Wildman–Crippen MR) is 113 cm³/mol. The molecule has 0 amide bonds. The summed E-state index contributed by atoms with van der Waals surface area (Å²) < 4.78 is 1.05. The summed E-state index contributed by atoms with van der Waals surface area (Å²) in [7, 11) is 0. The number of nitrogens with two attached hydrogens (primary N) is 1. The van der Waals surface area contributed by atoms with E-state index >= 15 is 0 Å². The maximum atomic E-state index is 6.31. The minimum atomic E-state index is 0.0349. The van der Waals surface area contributed by atoms with Crippen molar-refractivity contribution in [1.82, 2.24) is 5.43 Å². The summed E-state index contributed by atoms with van der Waals surface area (Å²) in [5.41, 5.74) is 14.4. The van der Waals surface area contributed by atoms with Gasteiger partial charge in [-0.1, -0.05) is 51.8 Å². The van der Waals surface area contributed by atoms with Gasteiger partial charge in [-0.3, -0.25) is 5.01 Å². The number of hydrogen-bond acceptors (Lipinski definition) is 3. The lowest BCUT2D eigenvalue weighted by atomic mass is 9.94. The molecule has 26 heavy (non-hydrogen) atoms. The minimum absolute atomic E-state index is 0.0349. The molecular formula is C21H17BrClN3. The number of nitrogens with one attached hydrogen (secondary N) is 1. The Kier molecular flexibility index (Phi) is 4.62. The van der Waals surface area contributed by atoms with Crippen LogP contribution in [0.15, 0.2) is 83.5 Å². The van der Waals surface area contributed by atoms with Gasteiger partial charge in [-0.05, 0) is 65.2 Å². The normalized spacial score (nSPS) is 15.9. The Morgan fingerprint density at radius 1 is 1.00 bits per heavy atom. The fourth-order valence-corrected chi connectivity index (χ4v) is 3.64. The number of halogens is 2. The first-order chi connectivity index (χ1) is 12.6. The van der Waals surface area contributed by atoms with Gasteiger partial charge in [0.05, 0.1) is 11.7 Å². The molecule has 3 N–H and O–H groups in total. The highest BCUT2D eigenvalue weighted by atomic mass is 79.9. The minimum Gasteiger partial charge on any atom is -0.399 e. The molecule has 1 heterocycles. The number of nitrogens with zero attached hydrogens (tertiary/aromatic N) is 1. The van der Waals surface area contributed by atoms with Gasteiger partial charge >= 0.3 is 0 Å². The lowest BCUT2D eigenvalue weighted by molar-refractivity contribution is 0.720. The van der Waals surface area contributed by atoms with E-state index in [4.69, 9.17) is 17.3 Å². The third-order valence-corrected chi connectivity index (χ3v) is 5.17. The molecule has 0 aromatic heterocycles. The molecule has 130 valence electrons. The van der Waals surface area contributed by atoms with Crippen molar-refractivity contribution < 1.29 is 0 Å². The van der Waals surface area contributed by atoms with E-state index in [9.17, 15) is 0 Å². The molecule has 0 bridgehead atoms. The molecule has 1 unspecified atom stereocenters. The second kappa shape index (κ2) is 7.06. The van der Waals surface area contributed by atoms with Gasteiger partial charge < -0.3 is 11.2 Å². The molecule has 0 aliphatic carbocycles. The maximum absolute atomic E-state index is 6.31. The maximum Gasteiger partial charge on any atom is 0.0958 e. The van der Waals surface area contributed by atoms with E-state index in [1.165, 1.54) is 5.56 Å². The second-order valence-electron chi connectivity index (χ2n) is 6.14. The zero-order valence-electron chi connectivity index (χ0n) is 13.9. The number of hydrogen-bond donors (Lipinski definition) is 2. The summed E-state index contributed by atoms with van der Waals surface area (Å²) in [5, 5.41) is 2.82. The fourth-order valence-electron chi connectivity index (χ4n) is 3.20. The SMILES string of the molecule is Nc1cccc(N2NC=CC2c2ccc(Cl)cc2-c2ccc(Br)cc2)c1. The molecule has 0 radical (unpaired) electrons. The molecule has 3 nitrogen and oxygen atoms in total. The van der Waals surface area contributed by atoms with Crippen LogP contribution in [0.2, 0.25) is 5.02 Å². The number of rotatable bonds is 3. The number of anilines is 2. The quantitative estimate of drug-likeness (QED) is 0.510. The van der Waals surface area contributed by atoms with Crippen LogP contribution in [0.25, 0.3) is 11.1 Å². The van der Waals surface area contributed by atoms with Crippen LogP contribution < -0.4 is 16.2 Å². The zero-order valence-corrected chi connectivity index (χ0v) is 16.2. The molecule has 3 aromatic rings. The van der Waals surface area contributed by atoms with Crippen molar-refractivity contribution in [1.29, 1.82) is 0 Å². The van der Waals surface area contributed by atoms with Gasteiger partial charge in [0.15, 0.2) is 0 Å². The Balaban J connectivity index is 1.79. The predicted octanol–water partition coefficient (Wildman–Crippen LogP) is 5.93. The Morgan fingerprint density at radius 2 is 1.81 bits per heavy atom. The van der Waals surface area contributed by atoms with E-state index in [0.717, 1.165) is 32.0 Å². The van der Waals surface area contributed by atoms with Gasteiger partial charge in [0, 0.05) is 21.4 Å². The van der Waals surface area contributed by atoms with E-state index < -0.39 is 0 Å². The van der Waals surface area contributed by atoms with Crippen molar-refractivity contribution in [2.75, 3.05) is 10.7 Å². The van der Waals surface area contributed by atoms with Crippen LogP contribution in [0, 0.1) is 0 Å². The molecule has 0 saturated carbocycles. The first-order valence-electron chi connectivity index (χ1n) is 8.25. The molecule has 0 saturated heterocycles. The van der Waals surface area contributed by atoms with Crippen LogP contribution in [-0.2, 0) is 0 Å². The third kappa shape index (κ3) is 3.30. The summed E-state index contributed by atoms with van der Waals surface area (Å²) in [4.78, 5) is 0. The molecule has 0 spiro atoms. The average Bonchev–Trinajstić information content (AvgIpc) is 3.12. The molecule has 4 rings (SSSR count). The average molecular weight is 427 g/mol. The molecule has 3 aromatic carbocycles. The second-order valence-corrected chi connectivity index (χ2v) is 7.49. The van der Waals surface area contributed by atoms with Gasteiger partial charge in [-0.25, -0.2) is 0 Å². The van der Waals surface area contributed by atoms with Crippen molar-refractivity contribution in [3.05, 3.63) is 94.1 Å².